The van der Waals surface area contributed by atoms with Crippen molar-refractivity contribution in [1.82, 2.24) is 4.90 Å². The van der Waals surface area contributed by atoms with Crippen molar-refractivity contribution < 1.29 is 5.11 Å². The van der Waals surface area contributed by atoms with Gasteiger partial charge in [-0.05, 0) is 44.6 Å². The van der Waals surface area contributed by atoms with Crippen molar-refractivity contribution in [1.29, 1.82) is 0 Å². The Balaban J connectivity index is 2.34. The SMILES string of the molecule is CN(C)C1(C(O)c2ccc(Cl)c(Cl)c2)CCCCCC1. The van der Waals surface area contributed by atoms with E-state index in [4.69, 9.17) is 23.2 Å². The fraction of sp³-hybridized carbons (Fsp3) is 0.625. The summed E-state index contributed by atoms with van der Waals surface area (Å²) in [5.41, 5.74) is 0.656. The Morgan fingerprint density at radius 1 is 1.05 bits per heavy atom. The van der Waals surface area contributed by atoms with E-state index < -0.39 is 6.10 Å². The molecule has 112 valence electrons. The third-order valence-electron chi connectivity index (χ3n) is 4.63. The van der Waals surface area contributed by atoms with E-state index in [2.05, 4.69) is 19.0 Å². The molecule has 0 spiro atoms. The molecular weight excluding hydrogens is 293 g/mol. The summed E-state index contributed by atoms with van der Waals surface area (Å²) in [5, 5.41) is 12.0. The first-order valence-electron chi connectivity index (χ1n) is 7.28. The molecule has 1 aliphatic carbocycles. The van der Waals surface area contributed by atoms with E-state index in [9.17, 15) is 5.11 Å². The average molecular weight is 316 g/mol. The monoisotopic (exact) mass is 315 g/mol. The van der Waals surface area contributed by atoms with E-state index >= 15 is 0 Å². The molecule has 0 amide bonds. The molecule has 1 fully saturated rings. The van der Waals surface area contributed by atoms with Crippen LogP contribution in [-0.4, -0.2) is 29.6 Å². The Labute approximate surface area is 131 Å². The second kappa shape index (κ2) is 6.65. The molecule has 1 atom stereocenters. The van der Waals surface area contributed by atoms with Gasteiger partial charge in [-0.2, -0.15) is 0 Å². The maximum absolute atomic E-state index is 11.0. The molecule has 0 aliphatic heterocycles. The highest BCUT2D eigenvalue weighted by Gasteiger charge is 2.40. The average Bonchev–Trinajstić information content (AvgIpc) is 2.67. The summed E-state index contributed by atoms with van der Waals surface area (Å²) in [4.78, 5) is 2.19. The molecular formula is C16H23Cl2NO. The number of aliphatic hydroxyl groups excluding tert-OH is 1. The highest BCUT2D eigenvalue weighted by molar-refractivity contribution is 6.42. The standard InChI is InChI=1S/C16H23Cl2NO/c1-19(2)16(9-5-3-4-6-10-16)15(20)12-7-8-13(17)14(18)11-12/h7-8,11,15,20H,3-6,9-10H2,1-2H3. The normalized spacial score (nSPS) is 20.7. The summed E-state index contributed by atoms with van der Waals surface area (Å²) in [7, 11) is 4.12. The summed E-state index contributed by atoms with van der Waals surface area (Å²) in [6.45, 7) is 0. The minimum atomic E-state index is -0.537. The summed E-state index contributed by atoms with van der Waals surface area (Å²) in [6, 6.07) is 5.45. The van der Waals surface area contributed by atoms with Crippen LogP contribution >= 0.6 is 23.2 Å². The van der Waals surface area contributed by atoms with E-state index in [1.165, 1.54) is 12.8 Å². The molecule has 1 unspecified atom stereocenters. The van der Waals surface area contributed by atoms with Crippen LogP contribution in [0.3, 0.4) is 0 Å². The van der Waals surface area contributed by atoms with Crippen molar-refractivity contribution in [3.05, 3.63) is 33.8 Å². The van der Waals surface area contributed by atoms with Gasteiger partial charge in [-0.25, -0.2) is 0 Å². The van der Waals surface area contributed by atoms with Crippen LogP contribution in [0.1, 0.15) is 50.2 Å². The van der Waals surface area contributed by atoms with Gasteiger partial charge in [0.2, 0.25) is 0 Å². The van der Waals surface area contributed by atoms with Gasteiger partial charge in [0.15, 0.2) is 0 Å². The first-order chi connectivity index (χ1) is 9.47. The van der Waals surface area contributed by atoms with E-state index in [1.54, 1.807) is 12.1 Å². The zero-order chi connectivity index (χ0) is 14.8. The van der Waals surface area contributed by atoms with Crippen LogP contribution < -0.4 is 0 Å². The molecule has 2 nitrogen and oxygen atoms in total. The first-order valence-corrected chi connectivity index (χ1v) is 8.03. The number of likely N-dealkylation sites (N-methyl/N-ethyl adjacent to an activating group) is 1. The summed E-state index contributed by atoms with van der Waals surface area (Å²) in [6.07, 6.45) is 6.33. The molecule has 0 aromatic heterocycles. The molecule has 0 heterocycles. The van der Waals surface area contributed by atoms with Crippen molar-refractivity contribution in [2.45, 2.75) is 50.2 Å². The molecule has 4 heteroatoms. The predicted octanol–water partition coefficient (Wildman–Crippen LogP) is 4.68. The van der Waals surface area contributed by atoms with Crippen LogP contribution in [0.25, 0.3) is 0 Å². The Morgan fingerprint density at radius 2 is 1.65 bits per heavy atom. The third-order valence-corrected chi connectivity index (χ3v) is 5.37. The van der Waals surface area contributed by atoms with Crippen LogP contribution in [0, 0.1) is 0 Å². The van der Waals surface area contributed by atoms with E-state index in [0.717, 1.165) is 31.2 Å². The minimum absolute atomic E-state index is 0.201. The zero-order valence-electron chi connectivity index (χ0n) is 12.2. The lowest BCUT2D eigenvalue weighted by atomic mass is 9.80. The van der Waals surface area contributed by atoms with Crippen molar-refractivity contribution in [2.24, 2.45) is 0 Å². The number of rotatable bonds is 3. The summed E-state index contributed by atoms with van der Waals surface area (Å²) >= 11 is 12.1. The Hall–Kier alpha value is -0.280. The second-order valence-corrected chi connectivity index (χ2v) is 6.80. The maximum Gasteiger partial charge on any atom is 0.0973 e. The quantitative estimate of drug-likeness (QED) is 0.818. The topological polar surface area (TPSA) is 23.5 Å². The molecule has 0 saturated heterocycles. The van der Waals surface area contributed by atoms with E-state index in [-0.39, 0.29) is 5.54 Å². The van der Waals surface area contributed by atoms with E-state index in [1.807, 2.05) is 6.07 Å². The third kappa shape index (κ3) is 3.14. The minimum Gasteiger partial charge on any atom is -0.386 e. The largest absolute Gasteiger partial charge is 0.386 e. The number of nitrogens with zero attached hydrogens (tertiary/aromatic N) is 1. The van der Waals surface area contributed by atoms with Crippen molar-refractivity contribution in [2.75, 3.05) is 14.1 Å². The van der Waals surface area contributed by atoms with Crippen LogP contribution in [0.4, 0.5) is 0 Å². The summed E-state index contributed by atoms with van der Waals surface area (Å²) in [5.74, 6) is 0. The number of benzene rings is 1. The lowest BCUT2D eigenvalue weighted by molar-refractivity contribution is -0.0198. The molecule has 2 rings (SSSR count). The van der Waals surface area contributed by atoms with Crippen molar-refractivity contribution in [3.63, 3.8) is 0 Å². The lowest BCUT2D eigenvalue weighted by Crippen LogP contribution is -2.49. The molecule has 1 saturated carbocycles. The van der Waals surface area contributed by atoms with Gasteiger partial charge in [-0.1, -0.05) is 55.0 Å². The molecule has 1 aliphatic rings. The highest BCUT2D eigenvalue weighted by Crippen LogP contribution is 2.42. The van der Waals surface area contributed by atoms with Crippen molar-refractivity contribution in [3.8, 4) is 0 Å². The smallest absolute Gasteiger partial charge is 0.0973 e. The summed E-state index contributed by atoms with van der Waals surface area (Å²) < 4.78 is 0. The van der Waals surface area contributed by atoms with Crippen LogP contribution in [-0.2, 0) is 0 Å². The molecule has 1 aromatic rings. The van der Waals surface area contributed by atoms with Gasteiger partial charge in [-0.3, -0.25) is 0 Å². The van der Waals surface area contributed by atoms with Crippen LogP contribution in [0.15, 0.2) is 18.2 Å². The lowest BCUT2D eigenvalue weighted by Gasteiger charge is -2.43. The van der Waals surface area contributed by atoms with Gasteiger partial charge >= 0.3 is 0 Å². The number of hydrogen-bond acceptors (Lipinski definition) is 2. The molecule has 1 N–H and O–H groups in total. The maximum atomic E-state index is 11.0. The number of hydrogen-bond donors (Lipinski definition) is 1. The van der Waals surface area contributed by atoms with Crippen LogP contribution in [0.2, 0.25) is 10.0 Å². The van der Waals surface area contributed by atoms with Gasteiger partial charge in [0.25, 0.3) is 0 Å². The highest BCUT2D eigenvalue weighted by atomic mass is 35.5. The Kier molecular flexibility index (Phi) is 5.36. The molecule has 1 aromatic carbocycles. The predicted molar refractivity (Wildman–Crippen MR) is 85.5 cm³/mol. The second-order valence-electron chi connectivity index (χ2n) is 5.99. The zero-order valence-corrected chi connectivity index (χ0v) is 13.7. The van der Waals surface area contributed by atoms with E-state index in [0.29, 0.717) is 10.0 Å². The molecule has 20 heavy (non-hydrogen) atoms. The van der Waals surface area contributed by atoms with Gasteiger partial charge in [0.05, 0.1) is 21.7 Å². The van der Waals surface area contributed by atoms with Gasteiger partial charge in [0.1, 0.15) is 0 Å². The Morgan fingerprint density at radius 3 is 2.15 bits per heavy atom. The van der Waals surface area contributed by atoms with Gasteiger partial charge in [0, 0.05) is 0 Å². The number of halogens is 2. The fourth-order valence-electron chi connectivity index (χ4n) is 3.30. The van der Waals surface area contributed by atoms with Crippen molar-refractivity contribution >= 4 is 23.2 Å². The fourth-order valence-corrected chi connectivity index (χ4v) is 3.61. The number of aliphatic hydroxyl groups is 1. The molecule has 0 radical (unpaired) electrons. The molecule has 0 bridgehead atoms. The van der Waals surface area contributed by atoms with Gasteiger partial charge < -0.3 is 10.0 Å². The van der Waals surface area contributed by atoms with Gasteiger partial charge in [-0.15, -0.1) is 0 Å². The first kappa shape index (κ1) is 16.1. The van der Waals surface area contributed by atoms with Crippen LogP contribution in [0.5, 0.6) is 0 Å². The Bertz CT molecular complexity index is 454.